The molecule has 0 spiro atoms. The normalized spacial score (nSPS) is 12.6. The van der Waals surface area contributed by atoms with E-state index in [9.17, 15) is 18.7 Å². The van der Waals surface area contributed by atoms with Crippen LogP contribution in [0.25, 0.3) is 0 Å². The second-order valence-electron chi connectivity index (χ2n) is 3.01. The van der Waals surface area contributed by atoms with Gasteiger partial charge < -0.3 is 9.84 Å². The maximum atomic E-state index is 12.0. The summed E-state index contributed by atoms with van der Waals surface area (Å²) in [6.45, 7) is -1.47. The van der Waals surface area contributed by atoms with Crippen molar-refractivity contribution in [3.05, 3.63) is 23.8 Å². The quantitative estimate of drug-likeness (QED) is 0.686. The predicted molar refractivity (Wildman–Crippen MR) is 57.5 cm³/mol. The fraction of sp³-hybridized carbons (Fsp3) is 0.300. The van der Waals surface area contributed by atoms with Crippen molar-refractivity contribution in [1.29, 1.82) is 0 Å². The van der Waals surface area contributed by atoms with E-state index in [1.54, 1.807) is 6.92 Å². The molecular formula is C10H9BrF2O3. The molecular weight excluding hydrogens is 286 g/mol. The highest BCUT2D eigenvalue weighted by Gasteiger charge is 2.19. The number of hydrogen-bond acceptors (Lipinski definition) is 3. The molecule has 0 aliphatic rings. The topological polar surface area (TPSA) is 46.5 Å². The van der Waals surface area contributed by atoms with Gasteiger partial charge >= 0.3 is 6.61 Å². The first kappa shape index (κ1) is 12.9. The van der Waals surface area contributed by atoms with Gasteiger partial charge in [-0.2, -0.15) is 8.78 Å². The highest BCUT2D eigenvalue weighted by Crippen LogP contribution is 2.32. The van der Waals surface area contributed by atoms with Crippen molar-refractivity contribution in [2.75, 3.05) is 0 Å². The molecule has 1 atom stereocenters. The summed E-state index contributed by atoms with van der Waals surface area (Å²) in [5.41, 5.74) is -0.0532. The van der Waals surface area contributed by atoms with Crippen LogP contribution >= 0.6 is 15.9 Å². The predicted octanol–water partition coefficient (Wildman–Crippen LogP) is 2.96. The molecule has 0 saturated carbocycles. The molecule has 3 nitrogen and oxygen atoms in total. The first-order valence-electron chi connectivity index (χ1n) is 4.38. The molecule has 0 fully saturated rings. The van der Waals surface area contributed by atoms with Gasteiger partial charge in [0.2, 0.25) is 0 Å². The number of phenols is 1. The number of carbonyl (C=O) groups excluding carboxylic acids is 1. The molecule has 0 radical (unpaired) electrons. The van der Waals surface area contributed by atoms with E-state index >= 15 is 0 Å². The highest BCUT2D eigenvalue weighted by atomic mass is 79.9. The monoisotopic (exact) mass is 294 g/mol. The van der Waals surface area contributed by atoms with E-state index in [1.165, 1.54) is 12.1 Å². The Kier molecular flexibility index (Phi) is 4.23. The van der Waals surface area contributed by atoms with Gasteiger partial charge in [0.1, 0.15) is 0 Å². The van der Waals surface area contributed by atoms with E-state index in [-0.39, 0.29) is 5.56 Å². The van der Waals surface area contributed by atoms with Crippen LogP contribution in [0, 0.1) is 0 Å². The number of para-hydroxylation sites is 1. The van der Waals surface area contributed by atoms with Gasteiger partial charge in [0.15, 0.2) is 17.3 Å². The minimum atomic E-state index is -3.04. The van der Waals surface area contributed by atoms with Gasteiger partial charge in [0, 0.05) is 0 Å². The molecule has 0 aliphatic carbocycles. The van der Waals surface area contributed by atoms with Crippen molar-refractivity contribution < 1.29 is 23.4 Å². The third kappa shape index (κ3) is 2.91. The van der Waals surface area contributed by atoms with Crippen LogP contribution in [-0.4, -0.2) is 22.3 Å². The molecule has 0 aliphatic heterocycles. The maximum Gasteiger partial charge on any atom is 0.387 e. The van der Waals surface area contributed by atoms with Crippen molar-refractivity contribution in [3.63, 3.8) is 0 Å². The number of carbonyl (C=O) groups is 1. The number of alkyl halides is 3. The van der Waals surface area contributed by atoms with Crippen LogP contribution in [0.15, 0.2) is 18.2 Å². The number of aromatic hydroxyl groups is 1. The van der Waals surface area contributed by atoms with E-state index in [0.29, 0.717) is 0 Å². The second-order valence-corrected chi connectivity index (χ2v) is 4.38. The van der Waals surface area contributed by atoms with Gasteiger partial charge in [0.05, 0.1) is 10.4 Å². The Balaban J connectivity index is 3.08. The molecule has 1 aromatic carbocycles. The van der Waals surface area contributed by atoms with Crippen LogP contribution in [0.2, 0.25) is 0 Å². The Hall–Kier alpha value is -1.17. The SMILES string of the molecule is CC(Br)C(=O)c1cccc(OC(F)F)c1O. The van der Waals surface area contributed by atoms with Gasteiger partial charge in [0.25, 0.3) is 0 Å². The number of ether oxygens (including phenoxy) is 1. The zero-order valence-corrected chi connectivity index (χ0v) is 9.87. The number of phenolic OH excluding ortho intramolecular Hbond substituents is 1. The number of ketones is 1. The van der Waals surface area contributed by atoms with Crippen LogP contribution in [0.5, 0.6) is 11.5 Å². The van der Waals surface area contributed by atoms with Crippen LogP contribution < -0.4 is 4.74 Å². The molecule has 0 heterocycles. The van der Waals surface area contributed by atoms with Crippen molar-refractivity contribution in [3.8, 4) is 11.5 Å². The molecule has 16 heavy (non-hydrogen) atoms. The lowest BCUT2D eigenvalue weighted by Crippen LogP contribution is -2.11. The third-order valence-corrected chi connectivity index (χ3v) is 2.26. The van der Waals surface area contributed by atoms with Gasteiger partial charge in [-0.25, -0.2) is 0 Å². The number of halogens is 3. The molecule has 0 bridgehead atoms. The summed E-state index contributed by atoms with van der Waals surface area (Å²) in [7, 11) is 0. The molecule has 0 amide bonds. The summed E-state index contributed by atoms with van der Waals surface area (Å²) in [6.07, 6.45) is 0. The van der Waals surface area contributed by atoms with Crippen LogP contribution in [0.3, 0.4) is 0 Å². The van der Waals surface area contributed by atoms with Crippen LogP contribution in [-0.2, 0) is 0 Å². The van der Waals surface area contributed by atoms with E-state index in [1.807, 2.05) is 0 Å². The first-order chi connectivity index (χ1) is 7.43. The van der Waals surface area contributed by atoms with Crippen molar-refractivity contribution in [1.82, 2.24) is 0 Å². The summed E-state index contributed by atoms with van der Waals surface area (Å²) in [5, 5.41) is 9.56. The summed E-state index contributed by atoms with van der Waals surface area (Å²) in [5.74, 6) is -1.38. The Labute approximate surface area is 99.2 Å². The van der Waals surface area contributed by atoms with E-state index < -0.39 is 28.7 Å². The Morgan fingerprint density at radius 3 is 2.62 bits per heavy atom. The zero-order valence-electron chi connectivity index (χ0n) is 8.28. The van der Waals surface area contributed by atoms with Crippen molar-refractivity contribution in [2.24, 2.45) is 0 Å². The number of Topliss-reactive ketones (excluding diaryl/α,β-unsaturated/α-hetero) is 1. The van der Waals surface area contributed by atoms with Gasteiger partial charge in [-0.3, -0.25) is 4.79 Å². The smallest absolute Gasteiger partial charge is 0.387 e. The summed E-state index contributed by atoms with van der Waals surface area (Å²) in [4.78, 5) is 11.0. The van der Waals surface area contributed by atoms with E-state index in [2.05, 4.69) is 20.7 Å². The lowest BCUT2D eigenvalue weighted by atomic mass is 10.1. The standard InChI is InChI=1S/C10H9BrF2O3/c1-5(11)8(14)6-3-2-4-7(9(6)15)16-10(12)13/h2-5,10,15H,1H3. The van der Waals surface area contributed by atoms with Gasteiger partial charge in [-0.15, -0.1) is 0 Å². The Bertz CT molecular complexity index is 394. The van der Waals surface area contributed by atoms with E-state index in [4.69, 9.17) is 0 Å². The third-order valence-electron chi connectivity index (χ3n) is 1.84. The second kappa shape index (κ2) is 5.25. The molecule has 6 heteroatoms. The first-order valence-corrected chi connectivity index (χ1v) is 5.30. The minimum Gasteiger partial charge on any atom is -0.504 e. The highest BCUT2D eigenvalue weighted by molar-refractivity contribution is 9.10. The summed E-state index contributed by atoms with van der Waals surface area (Å²) < 4.78 is 28.0. The molecule has 1 aromatic rings. The largest absolute Gasteiger partial charge is 0.504 e. The molecule has 88 valence electrons. The molecule has 1 rings (SSSR count). The molecule has 1 unspecified atom stereocenters. The van der Waals surface area contributed by atoms with Crippen molar-refractivity contribution in [2.45, 2.75) is 18.4 Å². The Morgan fingerprint density at radius 1 is 1.50 bits per heavy atom. The van der Waals surface area contributed by atoms with Crippen molar-refractivity contribution >= 4 is 21.7 Å². The minimum absolute atomic E-state index is 0.0532. The van der Waals surface area contributed by atoms with Gasteiger partial charge in [-0.1, -0.05) is 22.0 Å². The lowest BCUT2D eigenvalue weighted by molar-refractivity contribution is -0.0513. The summed E-state index contributed by atoms with van der Waals surface area (Å²) >= 11 is 3.04. The van der Waals surface area contributed by atoms with E-state index in [0.717, 1.165) is 6.07 Å². The van der Waals surface area contributed by atoms with Gasteiger partial charge in [-0.05, 0) is 19.1 Å². The fourth-order valence-corrected chi connectivity index (χ4v) is 1.37. The maximum absolute atomic E-state index is 12.0. The number of hydrogen-bond donors (Lipinski definition) is 1. The Morgan fingerprint density at radius 2 is 2.12 bits per heavy atom. The average molecular weight is 295 g/mol. The average Bonchev–Trinajstić information content (AvgIpc) is 2.19. The lowest BCUT2D eigenvalue weighted by Gasteiger charge is -2.10. The summed E-state index contributed by atoms with van der Waals surface area (Å²) in [6, 6.07) is 3.87. The number of rotatable bonds is 4. The van der Waals surface area contributed by atoms with Crippen LogP contribution in [0.1, 0.15) is 17.3 Å². The molecule has 0 aromatic heterocycles. The fourth-order valence-electron chi connectivity index (χ4n) is 1.13. The molecule has 1 N–H and O–H groups in total. The molecule has 0 saturated heterocycles. The van der Waals surface area contributed by atoms with Crippen LogP contribution in [0.4, 0.5) is 8.78 Å². The number of benzene rings is 1. The zero-order chi connectivity index (χ0) is 12.3.